The molecule has 1 aromatic heterocycles. The average Bonchev–Trinajstić information content (AvgIpc) is 2.83. The van der Waals surface area contributed by atoms with Crippen molar-refractivity contribution in [3.63, 3.8) is 0 Å². The van der Waals surface area contributed by atoms with Crippen molar-refractivity contribution < 1.29 is 4.74 Å². The summed E-state index contributed by atoms with van der Waals surface area (Å²) in [4.78, 5) is 1.18. The van der Waals surface area contributed by atoms with E-state index in [-0.39, 0.29) is 6.04 Å². The van der Waals surface area contributed by atoms with E-state index in [4.69, 9.17) is 10.5 Å². The number of hydrogen-bond donors (Lipinski definition) is 1. The van der Waals surface area contributed by atoms with Crippen LogP contribution in [0.5, 0.6) is 5.75 Å². The number of rotatable bonds is 6. The van der Waals surface area contributed by atoms with Gasteiger partial charge < -0.3 is 10.5 Å². The van der Waals surface area contributed by atoms with E-state index < -0.39 is 0 Å². The zero-order valence-electron chi connectivity index (χ0n) is 11.5. The summed E-state index contributed by atoms with van der Waals surface area (Å²) in [5, 5.41) is 0. The first-order valence-corrected chi connectivity index (χ1v) is 9.79. The summed E-state index contributed by atoms with van der Waals surface area (Å²) in [7, 11) is 0. The molecule has 0 saturated carbocycles. The number of nitrogens with two attached hydrogens (primary N) is 1. The highest BCUT2D eigenvalue weighted by Crippen LogP contribution is 2.36. The van der Waals surface area contributed by atoms with Crippen molar-refractivity contribution in [2.75, 3.05) is 0 Å². The minimum Gasteiger partial charge on any atom is -0.486 e. The van der Waals surface area contributed by atoms with Gasteiger partial charge in [-0.15, -0.1) is 11.3 Å². The lowest BCUT2D eigenvalue weighted by molar-refractivity contribution is 0.305. The third-order valence-electron chi connectivity index (χ3n) is 3.07. The van der Waals surface area contributed by atoms with Crippen LogP contribution < -0.4 is 10.5 Å². The van der Waals surface area contributed by atoms with Gasteiger partial charge in [0.1, 0.15) is 12.4 Å². The van der Waals surface area contributed by atoms with Crippen LogP contribution in [0.3, 0.4) is 0 Å². The standard InChI is InChI=1S/C15H16Br3NOS/c1-2-10(19)5-9-6-12(16)15(13(17)7-9)20-8-11-3-4-14(18)21-11/h3-4,6-7,10H,2,5,8,19H2,1H3. The lowest BCUT2D eigenvalue weighted by Gasteiger charge is -2.14. The molecule has 0 bridgehead atoms. The van der Waals surface area contributed by atoms with Crippen LogP contribution in [0.4, 0.5) is 0 Å². The maximum Gasteiger partial charge on any atom is 0.148 e. The van der Waals surface area contributed by atoms with Gasteiger partial charge in [-0.25, -0.2) is 0 Å². The summed E-state index contributed by atoms with van der Waals surface area (Å²) in [6.45, 7) is 2.66. The zero-order chi connectivity index (χ0) is 15.4. The number of thiophene rings is 1. The topological polar surface area (TPSA) is 35.2 Å². The minimum absolute atomic E-state index is 0.194. The predicted octanol–water partition coefficient (Wildman–Crippen LogP) is 5.89. The molecular formula is C15H16Br3NOS. The van der Waals surface area contributed by atoms with Gasteiger partial charge >= 0.3 is 0 Å². The Morgan fingerprint density at radius 2 is 1.86 bits per heavy atom. The monoisotopic (exact) mass is 495 g/mol. The van der Waals surface area contributed by atoms with Gasteiger partial charge in [-0.1, -0.05) is 6.92 Å². The van der Waals surface area contributed by atoms with Crippen molar-refractivity contribution in [3.05, 3.63) is 47.4 Å². The summed E-state index contributed by atoms with van der Waals surface area (Å²) in [6, 6.07) is 8.45. The van der Waals surface area contributed by atoms with Gasteiger partial charge in [0.05, 0.1) is 12.7 Å². The summed E-state index contributed by atoms with van der Waals surface area (Å²) < 4.78 is 8.93. The molecule has 0 aliphatic heterocycles. The second kappa shape index (κ2) is 8.11. The van der Waals surface area contributed by atoms with Gasteiger partial charge in [-0.2, -0.15) is 0 Å². The molecule has 2 rings (SSSR count). The summed E-state index contributed by atoms with van der Waals surface area (Å²) in [6.07, 6.45) is 1.84. The maximum atomic E-state index is 6.02. The van der Waals surface area contributed by atoms with Gasteiger partial charge in [-0.05, 0) is 90.5 Å². The molecule has 1 unspecified atom stereocenters. The second-order valence-electron chi connectivity index (χ2n) is 4.76. The Kier molecular flexibility index (Phi) is 6.75. The Morgan fingerprint density at radius 1 is 1.19 bits per heavy atom. The molecule has 114 valence electrons. The zero-order valence-corrected chi connectivity index (χ0v) is 17.1. The van der Waals surface area contributed by atoms with Crippen molar-refractivity contribution in [1.82, 2.24) is 0 Å². The average molecular weight is 498 g/mol. The van der Waals surface area contributed by atoms with Crippen molar-refractivity contribution in [2.24, 2.45) is 5.73 Å². The first kappa shape index (κ1) is 17.5. The van der Waals surface area contributed by atoms with Crippen LogP contribution in [-0.4, -0.2) is 6.04 Å². The Labute approximate surface area is 154 Å². The molecule has 1 heterocycles. The van der Waals surface area contributed by atoms with Gasteiger partial charge in [-0.3, -0.25) is 0 Å². The normalized spacial score (nSPS) is 12.4. The van der Waals surface area contributed by atoms with Crippen molar-refractivity contribution in [2.45, 2.75) is 32.4 Å². The largest absolute Gasteiger partial charge is 0.486 e. The molecule has 0 radical (unpaired) electrons. The van der Waals surface area contributed by atoms with E-state index in [9.17, 15) is 0 Å². The van der Waals surface area contributed by atoms with E-state index in [1.54, 1.807) is 11.3 Å². The van der Waals surface area contributed by atoms with Crippen molar-refractivity contribution in [3.8, 4) is 5.75 Å². The molecule has 2 aromatic rings. The highest BCUT2D eigenvalue weighted by Gasteiger charge is 2.11. The highest BCUT2D eigenvalue weighted by atomic mass is 79.9. The van der Waals surface area contributed by atoms with Crippen LogP contribution >= 0.6 is 59.1 Å². The lowest BCUT2D eigenvalue weighted by atomic mass is 10.0. The number of benzene rings is 1. The predicted molar refractivity (Wildman–Crippen MR) is 100 cm³/mol. The molecule has 6 heteroatoms. The fourth-order valence-corrected chi connectivity index (χ4v) is 4.79. The molecule has 1 atom stereocenters. The molecule has 2 nitrogen and oxygen atoms in total. The van der Waals surface area contributed by atoms with E-state index in [0.29, 0.717) is 6.61 Å². The molecule has 0 fully saturated rings. The van der Waals surface area contributed by atoms with Crippen LogP contribution in [0.15, 0.2) is 37.0 Å². The quantitative estimate of drug-likeness (QED) is 0.539. The number of halogens is 3. The Morgan fingerprint density at radius 3 is 2.38 bits per heavy atom. The molecule has 21 heavy (non-hydrogen) atoms. The third kappa shape index (κ3) is 5.06. The first-order chi connectivity index (χ1) is 9.99. The molecular weight excluding hydrogens is 482 g/mol. The van der Waals surface area contributed by atoms with Crippen LogP contribution in [0, 0.1) is 0 Å². The SMILES string of the molecule is CCC(N)Cc1cc(Br)c(OCc2ccc(Br)s2)c(Br)c1. The van der Waals surface area contributed by atoms with Gasteiger partial charge in [0.25, 0.3) is 0 Å². The van der Waals surface area contributed by atoms with Crippen LogP contribution in [-0.2, 0) is 13.0 Å². The van der Waals surface area contributed by atoms with E-state index in [1.807, 2.05) is 6.07 Å². The molecule has 0 aliphatic carbocycles. The lowest BCUT2D eigenvalue weighted by Crippen LogP contribution is -2.21. The van der Waals surface area contributed by atoms with E-state index in [0.717, 1.165) is 31.3 Å². The van der Waals surface area contributed by atoms with Crippen molar-refractivity contribution >= 4 is 59.1 Å². The molecule has 0 saturated heterocycles. The van der Waals surface area contributed by atoms with E-state index in [1.165, 1.54) is 10.4 Å². The molecule has 2 N–H and O–H groups in total. The Balaban J connectivity index is 2.09. The highest BCUT2D eigenvalue weighted by molar-refractivity contribution is 9.11. The summed E-state index contributed by atoms with van der Waals surface area (Å²) in [5.41, 5.74) is 7.22. The fourth-order valence-electron chi connectivity index (χ4n) is 1.89. The maximum absolute atomic E-state index is 6.02. The van der Waals surface area contributed by atoms with Crippen LogP contribution in [0.25, 0.3) is 0 Å². The minimum atomic E-state index is 0.194. The van der Waals surface area contributed by atoms with Crippen LogP contribution in [0.2, 0.25) is 0 Å². The molecule has 0 amide bonds. The fraction of sp³-hybridized carbons (Fsp3) is 0.333. The smallest absolute Gasteiger partial charge is 0.148 e. The number of ether oxygens (including phenoxy) is 1. The van der Waals surface area contributed by atoms with Gasteiger partial charge in [0.15, 0.2) is 0 Å². The Bertz CT molecular complexity index is 592. The molecule has 0 spiro atoms. The van der Waals surface area contributed by atoms with Crippen LogP contribution in [0.1, 0.15) is 23.8 Å². The van der Waals surface area contributed by atoms with Gasteiger partial charge in [0, 0.05) is 10.9 Å². The summed E-state index contributed by atoms with van der Waals surface area (Å²) >= 11 is 12.3. The summed E-state index contributed by atoms with van der Waals surface area (Å²) in [5.74, 6) is 0.827. The van der Waals surface area contributed by atoms with Gasteiger partial charge in [0.2, 0.25) is 0 Å². The molecule has 0 aliphatic rings. The van der Waals surface area contributed by atoms with E-state index >= 15 is 0 Å². The van der Waals surface area contributed by atoms with E-state index in [2.05, 4.69) is 72.9 Å². The van der Waals surface area contributed by atoms with Crippen molar-refractivity contribution in [1.29, 1.82) is 0 Å². The second-order valence-corrected chi connectivity index (χ2v) is 9.01. The third-order valence-corrected chi connectivity index (χ3v) is 5.84. The molecule has 1 aromatic carbocycles. The Hall–Kier alpha value is 0.120. The first-order valence-electron chi connectivity index (χ1n) is 6.60. The number of hydrogen-bond acceptors (Lipinski definition) is 3.